The van der Waals surface area contributed by atoms with Gasteiger partial charge < -0.3 is 30.6 Å². The fourth-order valence-electron chi connectivity index (χ4n) is 2.64. The first-order valence-electron chi connectivity index (χ1n) is 8.75. The topological polar surface area (TPSA) is 156 Å². The molecule has 0 spiro atoms. The molecular formula is C21H22O8. The Kier molecular flexibility index (Phi) is 7.77. The molecule has 0 fully saturated rings. The van der Waals surface area contributed by atoms with E-state index in [1.807, 2.05) is 0 Å². The summed E-state index contributed by atoms with van der Waals surface area (Å²) in [5.74, 6) is -2.97. The first-order chi connectivity index (χ1) is 13.8. The third-order valence-corrected chi connectivity index (χ3v) is 4.32. The molecule has 4 unspecified atom stereocenters. The summed E-state index contributed by atoms with van der Waals surface area (Å²) < 4.78 is 0. The molecule has 0 aliphatic heterocycles. The molecule has 154 valence electrons. The molecule has 0 saturated carbocycles. The maximum atomic E-state index is 12.9. The van der Waals surface area contributed by atoms with Crippen LogP contribution in [-0.2, 0) is 4.79 Å². The van der Waals surface area contributed by atoms with Gasteiger partial charge in [-0.05, 0) is 0 Å². The Labute approximate surface area is 166 Å². The Morgan fingerprint density at radius 1 is 0.759 bits per heavy atom. The lowest BCUT2D eigenvalue weighted by Gasteiger charge is -2.25. The van der Waals surface area contributed by atoms with Gasteiger partial charge in [-0.3, -0.25) is 9.59 Å². The quantitative estimate of drug-likeness (QED) is 0.111. The number of carbonyl (C=O) groups is 2. The second-order valence-corrected chi connectivity index (χ2v) is 6.32. The summed E-state index contributed by atoms with van der Waals surface area (Å²) in [5.41, 5.74) is -0.617. The fourth-order valence-corrected chi connectivity index (χ4v) is 2.64. The number of aliphatic hydroxyl groups excluding tert-OH is 6. The summed E-state index contributed by atoms with van der Waals surface area (Å²) in [5, 5.41) is 58.9. The van der Waals surface area contributed by atoms with Crippen molar-refractivity contribution in [1.82, 2.24) is 0 Å². The van der Waals surface area contributed by atoms with E-state index in [1.54, 1.807) is 36.4 Å². The van der Waals surface area contributed by atoms with Gasteiger partial charge in [-0.2, -0.15) is 0 Å². The minimum Gasteiger partial charge on any atom is -0.506 e. The Morgan fingerprint density at radius 2 is 1.24 bits per heavy atom. The van der Waals surface area contributed by atoms with Crippen LogP contribution in [0.3, 0.4) is 0 Å². The van der Waals surface area contributed by atoms with Crippen molar-refractivity contribution in [2.75, 3.05) is 6.61 Å². The summed E-state index contributed by atoms with van der Waals surface area (Å²) in [6.07, 6.45) is -8.45. The van der Waals surface area contributed by atoms with E-state index in [4.69, 9.17) is 5.11 Å². The Hall–Kier alpha value is -2.88. The largest absolute Gasteiger partial charge is 0.506 e. The van der Waals surface area contributed by atoms with Crippen LogP contribution in [0.15, 0.2) is 66.2 Å². The van der Waals surface area contributed by atoms with Gasteiger partial charge in [-0.15, -0.1) is 0 Å². The highest BCUT2D eigenvalue weighted by molar-refractivity contribution is 6.30. The molecule has 8 heteroatoms. The van der Waals surface area contributed by atoms with Crippen LogP contribution in [0.25, 0.3) is 5.76 Å². The number of Topliss-reactive ketones (excluding diaryl/α,β-unsaturated/α-hetero) is 2. The molecule has 0 aliphatic carbocycles. The van der Waals surface area contributed by atoms with E-state index in [0.717, 1.165) is 0 Å². The predicted octanol–water partition coefficient (Wildman–Crippen LogP) is -0.156. The van der Waals surface area contributed by atoms with Crippen molar-refractivity contribution in [1.29, 1.82) is 0 Å². The van der Waals surface area contributed by atoms with Gasteiger partial charge in [0.1, 0.15) is 35.7 Å². The third kappa shape index (κ3) is 5.14. The van der Waals surface area contributed by atoms with Crippen LogP contribution in [-0.4, -0.2) is 73.2 Å². The fraction of sp³-hybridized carbons (Fsp3) is 0.238. The number of hydrogen-bond acceptors (Lipinski definition) is 8. The zero-order valence-corrected chi connectivity index (χ0v) is 15.3. The third-order valence-electron chi connectivity index (χ3n) is 4.32. The molecule has 0 aliphatic rings. The molecule has 2 rings (SSSR count). The van der Waals surface area contributed by atoms with Crippen LogP contribution in [0.2, 0.25) is 0 Å². The maximum Gasteiger partial charge on any atom is 0.201 e. The van der Waals surface area contributed by atoms with E-state index in [1.165, 1.54) is 24.3 Å². The summed E-state index contributed by atoms with van der Waals surface area (Å²) in [6.45, 7) is -0.931. The van der Waals surface area contributed by atoms with Crippen molar-refractivity contribution >= 4 is 17.3 Å². The monoisotopic (exact) mass is 402 g/mol. The predicted molar refractivity (Wildman–Crippen MR) is 103 cm³/mol. The Morgan fingerprint density at radius 3 is 1.72 bits per heavy atom. The molecule has 0 aromatic heterocycles. The average Bonchev–Trinajstić information content (AvgIpc) is 2.77. The zero-order chi connectivity index (χ0) is 21.6. The molecule has 2 aromatic rings. The van der Waals surface area contributed by atoms with Crippen molar-refractivity contribution in [2.45, 2.75) is 24.4 Å². The molecule has 0 radical (unpaired) electrons. The molecular weight excluding hydrogens is 380 g/mol. The van der Waals surface area contributed by atoms with E-state index in [9.17, 15) is 35.1 Å². The highest BCUT2D eigenvalue weighted by Gasteiger charge is 2.38. The van der Waals surface area contributed by atoms with Crippen LogP contribution in [0.4, 0.5) is 0 Å². The van der Waals surface area contributed by atoms with Crippen LogP contribution in [0, 0.1) is 0 Å². The second kappa shape index (κ2) is 10.1. The lowest BCUT2D eigenvalue weighted by atomic mass is 9.90. The van der Waals surface area contributed by atoms with Crippen LogP contribution in [0.1, 0.15) is 15.9 Å². The van der Waals surface area contributed by atoms with E-state index in [2.05, 4.69) is 0 Å². The standard InChI is InChI=1S/C21H22O8/c22-11-14(23)18(26)20(28)21(29)19(27)15(16(24)12-7-3-1-4-8-12)17(25)13-9-5-2-6-10-13/h1-10,14,18,20-24,26,28-29H,11H2. The molecule has 4 atom stereocenters. The molecule has 0 amide bonds. The highest BCUT2D eigenvalue weighted by atomic mass is 16.4. The summed E-state index contributed by atoms with van der Waals surface area (Å²) in [6, 6.07) is 15.2. The molecule has 2 aromatic carbocycles. The van der Waals surface area contributed by atoms with Gasteiger partial charge in [0.05, 0.1) is 6.61 Å². The van der Waals surface area contributed by atoms with Crippen LogP contribution >= 0.6 is 0 Å². The number of ketones is 2. The van der Waals surface area contributed by atoms with Gasteiger partial charge in [0, 0.05) is 11.1 Å². The summed E-state index contributed by atoms with van der Waals surface area (Å²) in [7, 11) is 0. The molecule has 8 nitrogen and oxygen atoms in total. The molecule has 0 heterocycles. The van der Waals surface area contributed by atoms with E-state index < -0.39 is 53.9 Å². The second-order valence-electron chi connectivity index (χ2n) is 6.32. The Balaban J connectivity index is 2.50. The normalized spacial score (nSPS) is 16.3. The van der Waals surface area contributed by atoms with E-state index in [-0.39, 0.29) is 11.1 Å². The highest BCUT2D eigenvalue weighted by Crippen LogP contribution is 2.23. The van der Waals surface area contributed by atoms with Gasteiger partial charge in [0.2, 0.25) is 5.78 Å². The van der Waals surface area contributed by atoms with Gasteiger partial charge in [0.25, 0.3) is 0 Å². The minimum absolute atomic E-state index is 0.0518. The first-order valence-corrected chi connectivity index (χ1v) is 8.75. The lowest BCUT2D eigenvalue weighted by molar-refractivity contribution is -0.143. The molecule has 0 bridgehead atoms. The number of carbonyl (C=O) groups excluding carboxylic acids is 2. The van der Waals surface area contributed by atoms with E-state index >= 15 is 0 Å². The maximum absolute atomic E-state index is 12.9. The van der Waals surface area contributed by atoms with E-state index in [0.29, 0.717) is 0 Å². The van der Waals surface area contributed by atoms with Gasteiger partial charge in [0.15, 0.2) is 5.78 Å². The van der Waals surface area contributed by atoms with Gasteiger partial charge in [-0.1, -0.05) is 60.7 Å². The number of aliphatic hydroxyl groups is 6. The van der Waals surface area contributed by atoms with Crippen molar-refractivity contribution in [3.8, 4) is 0 Å². The molecule has 0 saturated heterocycles. The van der Waals surface area contributed by atoms with Crippen molar-refractivity contribution in [3.05, 3.63) is 77.4 Å². The minimum atomic E-state index is -2.35. The smallest absolute Gasteiger partial charge is 0.201 e. The van der Waals surface area contributed by atoms with Crippen molar-refractivity contribution in [3.63, 3.8) is 0 Å². The van der Waals surface area contributed by atoms with Crippen molar-refractivity contribution in [2.24, 2.45) is 0 Å². The van der Waals surface area contributed by atoms with Crippen LogP contribution < -0.4 is 0 Å². The first kappa shape index (κ1) is 22.4. The SMILES string of the molecule is O=C(C(C(=O)C(O)C(O)C(O)C(O)CO)=C(O)c1ccccc1)c1ccccc1. The molecule has 29 heavy (non-hydrogen) atoms. The summed E-state index contributed by atoms with van der Waals surface area (Å²) >= 11 is 0. The van der Waals surface area contributed by atoms with Crippen LogP contribution in [0.5, 0.6) is 0 Å². The number of benzene rings is 2. The average molecular weight is 402 g/mol. The van der Waals surface area contributed by atoms with Gasteiger partial charge >= 0.3 is 0 Å². The lowest BCUT2D eigenvalue weighted by Crippen LogP contribution is -2.49. The number of rotatable bonds is 9. The van der Waals surface area contributed by atoms with Crippen molar-refractivity contribution < 1.29 is 40.2 Å². The van der Waals surface area contributed by atoms with Gasteiger partial charge in [-0.25, -0.2) is 0 Å². The molecule has 6 N–H and O–H groups in total. The Bertz CT molecular complexity index is 863. The number of hydrogen-bond donors (Lipinski definition) is 6. The summed E-state index contributed by atoms with van der Waals surface area (Å²) in [4.78, 5) is 25.7. The zero-order valence-electron chi connectivity index (χ0n) is 15.3.